The number of nitrogens with two attached hydrogens (primary N) is 1. The van der Waals surface area contributed by atoms with Crippen LogP contribution in [0.2, 0.25) is 0 Å². The second-order valence-corrected chi connectivity index (χ2v) is 1.77. The van der Waals surface area contributed by atoms with Crippen molar-refractivity contribution in [3.8, 4) is 0 Å². The Balaban J connectivity index is 0.000000187. The summed E-state index contributed by atoms with van der Waals surface area (Å²) in [4.78, 5) is 9.48. The third-order valence-electron chi connectivity index (χ3n) is 0.913. The molecule has 2 amide bonds. The van der Waals surface area contributed by atoms with Crippen molar-refractivity contribution in [2.24, 2.45) is 5.73 Å². The molecule has 0 spiro atoms. The minimum atomic E-state index is -0.495. The molecule has 60 valence electrons. The zero-order valence-corrected chi connectivity index (χ0v) is 6.45. The number of rotatable bonds is 0. The van der Waals surface area contributed by atoms with Crippen LogP contribution >= 0.6 is 0 Å². The van der Waals surface area contributed by atoms with Gasteiger partial charge in [0.05, 0.1) is 0 Å². The molecule has 3 N–H and O–H groups in total. The van der Waals surface area contributed by atoms with E-state index >= 15 is 0 Å². The van der Waals surface area contributed by atoms with E-state index in [-0.39, 0.29) is 0 Å². The van der Waals surface area contributed by atoms with Crippen LogP contribution in [-0.2, 0) is 0 Å². The standard InChI is InChI=1S/C6H6.C2H6N2O/c1-2-4-6-5-3-1;1-4-2(3)5/h1-6H;1H3,(H3,3,4,5). The lowest BCUT2D eigenvalue weighted by molar-refractivity contribution is 0.251. The van der Waals surface area contributed by atoms with Gasteiger partial charge in [0.2, 0.25) is 0 Å². The summed E-state index contributed by atoms with van der Waals surface area (Å²) in [6.07, 6.45) is 0. The number of hydrogen-bond donors (Lipinski definition) is 2. The van der Waals surface area contributed by atoms with Crippen LogP contribution in [0.3, 0.4) is 0 Å². The normalized spacial score (nSPS) is 7.36. The molecule has 0 saturated carbocycles. The number of urea groups is 1. The summed E-state index contributed by atoms with van der Waals surface area (Å²) in [6.45, 7) is 0. The molecule has 3 heteroatoms. The monoisotopic (exact) mass is 152 g/mol. The van der Waals surface area contributed by atoms with E-state index in [4.69, 9.17) is 0 Å². The average Bonchev–Trinajstić information content (AvgIpc) is 2.09. The van der Waals surface area contributed by atoms with Crippen LogP contribution in [0.1, 0.15) is 0 Å². The summed E-state index contributed by atoms with van der Waals surface area (Å²) in [5.74, 6) is 0. The lowest BCUT2D eigenvalue weighted by Crippen LogP contribution is -2.24. The van der Waals surface area contributed by atoms with Gasteiger partial charge in [0.1, 0.15) is 0 Å². The molecular formula is C8H12N2O. The van der Waals surface area contributed by atoms with Gasteiger partial charge < -0.3 is 11.1 Å². The van der Waals surface area contributed by atoms with Crippen molar-refractivity contribution in [3.05, 3.63) is 36.4 Å². The summed E-state index contributed by atoms with van der Waals surface area (Å²) >= 11 is 0. The molecule has 0 aliphatic heterocycles. The van der Waals surface area contributed by atoms with Crippen molar-refractivity contribution < 1.29 is 4.79 Å². The summed E-state index contributed by atoms with van der Waals surface area (Å²) < 4.78 is 0. The van der Waals surface area contributed by atoms with Crippen LogP contribution in [0.15, 0.2) is 36.4 Å². The molecule has 11 heavy (non-hydrogen) atoms. The Bertz CT molecular complexity index is 160. The Hall–Kier alpha value is -1.51. The maximum atomic E-state index is 9.48. The Labute approximate surface area is 66.2 Å². The first-order valence-electron chi connectivity index (χ1n) is 3.24. The molecule has 0 unspecified atom stereocenters. The van der Waals surface area contributed by atoms with Gasteiger partial charge in [0.15, 0.2) is 0 Å². The van der Waals surface area contributed by atoms with Gasteiger partial charge in [0.25, 0.3) is 0 Å². The van der Waals surface area contributed by atoms with Gasteiger partial charge in [0, 0.05) is 7.05 Å². The highest BCUT2D eigenvalue weighted by Gasteiger charge is 1.72. The molecular weight excluding hydrogens is 140 g/mol. The van der Waals surface area contributed by atoms with Crippen LogP contribution in [0.5, 0.6) is 0 Å². The van der Waals surface area contributed by atoms with Crippen molar-refractivity contribution in [2.45, 2.75) is 0 Å². The summed E-state index contributed by atoms with van der Waals surface area (Å²) in [6, 6.07) is 11.5. The number of nitrogens with one attached hydrogen (secondary N) is 1. The minimum Gasteiger partial charge on any atom is -0.352 e. The summed E-state index contributed by atoms with van der Waals surface area (Å²) in [5.41, 5.74) is 4.54. The summed E-state index contributed by atoms with van der Waals surface area (Å²) in [5, 5.41) is 2.17. The highest BCUT2D eigenvalue weighted by Crippen LogP contribution is 1.79. The fourth-order valence-electron chi connectivity index (χ4n) is 0.385. The Morgan fingerprint density at radius 1 is 1.09 bits per heavy atom. The Morgan fingerprint density at radius 2 is 1.27 bits per heavy atom. The highest BCUT2D eigenvalue weighted by molar-refractivity contribution is 5.71. The fourth-order valence-corrected chi connectivity index (χ4v) is 0.385. The molecule has 1 aromatic carbocycles. The van der Waals surface area contributed by atoms with E-state index < -0.39 is 6.03 Å². The second kappa shape index (κ2) is 6.61. The maximum absolute atomic E-state index is 9.48. The summed E-state index contributed by atoms with van der Waals surface area (Å²) in [7, 11) is 1.47. The Morgan fingerprint density at radius 3 is 1.36 bits per heavy atom. The molecule has 0 atom stereocenters. The molecule has 3 nitrogen and oxygen atoms in total. The van der Waals surface area contributed by atoms with Crippen molar-refractivity contribution >= 4 is 6.03 Å². The van der Waals surface area contributed by atoms with E-state index in [0.29, 0.717) is 0 Å². The van der Waals surface area contributed by atoms with E-state index in [2.05, 4.69) is 11.1 Å². The molecule has 1 rings (SSSR count). The van der Waals surface area contributed by atoms with Crippen LogP contribution in [0.4, 0.5) is 4.79 Å². The van der Waals surface area contributed by atoms with E-state index in [0.717, 1.165) is 0 Å². The average molecular weight is 152 g/mol. The van der Waals surface area contributed by atoms with Gasteiger partial charge in [-0.2, -0.15) is 0 Å². The van der Waals surface area contributed by atoms with E-state index in [9.17, 15) is 4.79 Å². The van der Waals surface area contributed by atoms with Gasteiger partial charge in [-0.3, -0.25) is 0 Å². The topological polar surface area (TPSA) is 55.1 Å². The molecule has 0 aliphatic rings. The first-order chi connectivity index (χ1) is 5.27. The fraction of sp³-hybridized carbons (Fsp3) is 0.125. The van der Waals surface area contributed by atoms with Gasteiger partial charge >= 0.3 is 6.03 Å². The predicted octanol–water partition coefficient (Wildman–Crippen LogP) is 0.971. The first kappa shape index (κ1) is 9.49. The molecule has 0 saturated heterocycles. The lowest BCUT2D eigenvalue weighted by atomic mass is 10.4. The molecule has 0 bridgehead atoms. The Kier molecular flexibility index (Phi) is 5.70. The van der Waals surface area contributed by atoms with Gasteiger partial charge in [-0.15, -0.1) is 0 Å². The van der Waals surface area contributed by atoms with Crippen LogP contribution < -0.4 is 11.1 Å². The predicted molar refractivity (Wildman–Crippen MR) is 45.1 cm³/mol. The quantitative estimate of drug-likeness (QED) is 0.571. The van der Waals surface area contributed by atoms with Crippen LogP contribution in [-0.4, -0.2) is 13.1 Å². The number of carbonyl (C=O) groups excluding carboxylic acids is 1. The third-order valence-corrected chi connectivity index (χ3v) is 0.913. The maximum Gasteiger partial charge on any atom is 0.311 e. The van der Waals surface area contributed by atoms with Crippen LogP contribution in [0, 0.1) is 0 Å². The minimum absolute atomic E-state index is 0.495. The van der Waals surface area contributed by atoms with Crippen molar-refractivity contribution in [1.82, 2.24) is 5.32 Å². The first-order valence-corrected chi connectivity index (χ1v) is 3.24. The van der Waals surface area contributed by atoms with Crippen LogP contribution in [0.25, 0.3) is 0 Å². The van der Waals surface area contributed by atoms with Gasteiger partial charge in [-0.25, -0.2) is 4.79 Å². The van der Waals surface area contributed by atoms with E-state index in [1.165, 1.54) is 7.05 Å². The van der Waals surface area contributed by atoms with E-state index in [1.807, 2.05) is 36.4 Å². The smallest absolute Gasteiger partial charge is 0.311 e. The van der Waals surface area contributed by atoms with Crippen molar-refractivity contribution in [3.63, 3.8) is 0 Å². The van der Waals surface area contributed by atoms with Crippen molar-refractivity contribution in [2.75, 3.05) is 7.05 Å². The molecule has 0 aliphatic carbocycles. The number of carbonyl (C=O) groups is 1. The lowest BCUT2D eigenvalue weighted by Gasteiger charge is -1.80. The SMILES string of the molecule is CNC(N)=O.c1ccccc1. The third kappa shape index (κ3) is 8.49. The zero-order chi connectivity index (χ0) is 8.53. The number of amides is 2. The van der Waals surface area contributed by atoms with Crippen molar-refractivity contribution in [1.29, 1.82) is 0 Å². The molecule has 1 aromatic rings. The second-order valence-electron chi connectivity index (χ2n) is 1.77. The van der Waals surface area contributed by atoms with E-state index in [1.54, 1.807) is 0 Å². The van der Waals surface area contributed by atoms with Gasteiger partial charge in [-0.05, 0) is 0 Å². The number of benzene rings is 1. The zero-order valence-electron chi connectivity index (χ0n) is 6.45. The number of primary amides is 1. The molecule has 0 heterocycles. The van der Waals surface area contributed by atoms with Gasteiger partial charge in [-0.1, -0.05) is 36.4 Å². The number of hydrogen-bond acceptors (Lipinski definition) is 1. The molecule has 0 aromatic heterocycles. The molecule has 0 fully saturated rings. The molecule has 0 radical (unpaired) electrons. The highest BCUT2D eigenvalue weighted by atomic mass is 16.2. The largest absolute Gasteiger partial charge is 0.352 e.